The molecular weight excluding hydrogens is 397 g/mol. The zero-order valence-corrected chi connectivity index (χ0v) is 17.0. The molecule has 1 aliphatic rings. The van der Waals surface area contributed by atoms with Gasteiger partial charge in [0.25, 0.3) is 0 Å². The fourth-order valence-corrected chi connectivity index (χ4v) is 3.12. The van der Waals surface area contributed by atoms with Gasteiger partial charge in [-0.2, -0.15) is 0 Å². The molecule has 0 unspecified atom stereocenters. The summed E-state index contributed by atoms with van der Waals surface area (Å²) in [5.74, 6) is 1.77. The smallest absolute Gasteiger partial charge is 0.225 e. The van der Waals surface area contributed by atoms with Gasteiger partial charge in [0.05, 0.1) is 5.02 Å². The molecule has 6 nitrogen and oxygen atoms in total. The van der Waals surface area contributed by atoms with Crippen molar-refractivity contribution >= 4 is 48.0 Å². The first-order valence-electron chi connectivity index (χ1n) is 8.35. The number of aromatic nitrogens is 3. The summed E-state index contributed by atoms with van der Waals surface area (Å²) < 4.78 is 2.15. The van der Waals surface area contributed by atoms with Crippen molar-refractivity contribution in [2.75, 3.05) is 18.9 Å². The Balaban J connectivity index is 0.00000169. The van der Waals surface area contributed by atoms with E-state index in [2.05, 4.69) is 25.4 Å². The van der Waals surface area contributed by atoms with Gasteiger partial charge in [-0.25, -0.2) is 0 Å². The average molecular weight is 421 g/mol. The van der Waals surface area contributed by atoms with Crippen LogP contribution in [0.4, 0.5) is 5.69 Å². The number of aryl methyl sites for hydroxylation is 1. The molecule has 0 saturated carbocycles. The molecule has 0 bridgehead atoms. The Morgan fingerprint density at radius 3 is 2.81 bits per heavy atom. The quantitative estimate of drug-likeness (QED) is 0.773. The molecule has 9 heteroatoms. The van der Waals surface area contributed by atoms with Gasteiger partial charge in [-0.05, 0) is 38.1 Å². The number of nitrogens with one attached hydrogen (secondary N) is 2. The zero-order valence-electron chi connectivity index (χ0n) is 14.6. The number of carbonyl (C=O) groups excluding carboxylic acids is 1. The Morgan fingerprint density at radius 1 is 1.23 bits per heavy atom. The maximum Gasteiger partial charge on any atom is 0.225 e. The molecule has 26 heavy (non-hydrogen) atoms. The van der Waals surface area contributed by atoms with E-state index in [-0.39, 0.29) is 30.7 Å². The summed E-state index contributed by atoms with van der Waals surface area (Å²) in [4.78, 5) is 11.9. The number of amides is 1. The van der Waals surface area contributed by atoms with Crippen LogP contribution in [0.25, 0.3) is 11.4 Å². The van der Waals surface area contributed by atoms with Crippen LogP contribution in [-0.4, -0.2) is 34.3 Å². The lowest BCUT2D eigenvalue weighted by molar-refractivity contribution is -0.116. The van der Waals surface area contributed by atoms with Crippen molar-refractivity contribution in [2.45, 2.75) is 38.6 Å². The van der Waals surface area contributed by atoms with Crippen molar-refractivity contribution in [3.05, 3.63) is 29.0 Å². The van der Waals surface area contributed by atoms with E-state index >= 15 is 0 Å². The molecule has 0 atom stereocenters. The number of hydrogen-bond acceptors (Lipinski definition) is 4. The summed E-state index contributed by atoms with van der Waals surface area (Å²) in [6.07, 6.45) is 4.85. The second-order valence-corrected chi connectivity index (χ2v) is 6.41. The number of hydrogen-bond donors (Lipinski definition) is 2. The van der Waals surface area contributed by atoms with Gasteiger partial charge in [-0.15, -0.1) is 35.0 Å². The highest BCUT2D eigenvalue weighted by atomic mass is 35.5. The van der Waals surface area contributed by atoms with Crippen molar-refractivity contribution in [2.24, 2.45) is 0 Å². The molecule has 1 aliphatic heterocycles. The van der Waals surface area contributed by atoms with E-state index in [1.807, 2.05) is 19.2 Å². The minimum atomic E-state index is -0.0299. The third-order valence-electron chi connectivity index (χ3n) is 4.20. The first-order valence-corrected chi connectivity index (χ1v) is 8.73. The number of rotatable bonds is 5. The van der Waals surface area contributed by atoms with E-state index in [1.54, 1.807) is 6.07 Å². The van der Waals surface area contributed by atoms with Gasteiger partial charge in [0.15, 0.2) is 5.82 Å². The van der Waals surface area contributed by atoms with E-state index in [4.69, 9.17) is 11.6 Å². The van der Waals surface area contributed by atoms with Gasteiger partial charge in [0.2, 0.25) is 5.91 Å². The third-order valence-corrected chi connectivity index (χ3v) is 4.53. The van der Waals surface area contributed by atoms with Gasteiger partial charge in [-0.3, -0.25) is 4.79 Å². The predicted octanol–water partition coefficient (Wildman–Crippen LogP) is 3.72. The van der Waals surface area contributed by atoms with E-state index < -0.39 is 0 Å². The van der Waals surface area contributed by atoms with Gasteiger partial charge in [0, 0.05) is 37.2 Å². The lowest BCUT2D eigenvalue weighted by atomic mass is 10.1. The normalized spacial score (nSPS) is 13.0. The van der Waals surface area contributed by atoms with Crippen LogP contribution in [0.2, 0.25) is 5.02 Å². The van der Waals surface area contributed by atoms with Crippen LogP contribution in [0.5, 0.6) is 0 Å². The molecule has 3 rings (SSSR count). The standard InChI is InChI=1S/C17H22ClN5O.2ClH/c1-19-9-8-16(24)20-12-6-7-14(18)13(11-12)17-22-21-15-5-3-2-4-10-23(15)17;;/h6-7,11,19H,2-5,8-10H2,1H3,(H,20,24);2*1H. The highest BCUT2D eigenvalue weighted by Gasteiger charge is 2.18. The first-order chi connectivity index (χ1) is 11.7. The molecule has 0 fully saturated rings. The van der Waals surface area contributed by atoms with Gasteiger partial charge >= 0.3 is 0 Å². The SMILES string of the molecule is CNCCC(=O)Nc1ccc(Cl)c(-c2nnc3n2CCCCC3)c1.Cl.Cl. The predicted molar refractivity (Wildman–Crippen MR) is 110 cm³/mol. The number of nitrogens with zero attached hydrogens (tertiary/aromatic N) is 3. The molecule has 1 amide bonds. The largest absolute Gasteiger partial charge is 0.326 e. The molecule has 2 aromatic rings. The average Bonchev–Trinajstić information content (AvgIpc) is 2.83. The lowest BCUT2D eigenvalue weighted by Gasteiger charge is -2.11. The van der Waals surface area contributed by atoms with E-state index in [0.717, 1.165) is 48.7 Å². The monoisotopic (exact) mass is 419 g/mol. The fraction of sp³-hybridized carbons (Fsp3) is 0.471. The highest BCUT2D eigenvalue weighted by Crippen LogP contribution is 2.31. The molecule has 1 aromatic heterocycles. The Labute approximate surface area is 170 Å². The second kappa shape index (κ2) is 10.7. The first kappa shape index (κ1) is 22.7. The Kier molecular flexibility index (Phi) is 9.36. The summed E-state index contributed by atoms with van der Waals surface area (Å²) >= 11 is 6.39. The maximum atomic E-state index is 11.9. The summed E-state index contributed by atoms with van der Waals surface area (Å²) in [6.45, 7) is 1.55. The highest BCUT2D eigenvalue weighted by molar-refractivity contribution is 6.33. The molecule has 0 saturated heterocycles. The summed E-state index contributed by atoms with van der Waals surface area (Å²) in [5.41, 5.74) is 1.53. The zero-order chi connectivity index (χ0) is 16.9. The van der Waals surface area contributed by atoms with Crippen LogP contribution in [0.3, 0.4) is 0 Å². The summed E-state index contributed by atoms with van der Waals surface area (Å²) in [6, 6.07) is 5.48. The van der Waals surface area contributed by atoms with Crippen molar-refractivity contribution in [3.8, 4) is 11.4 Å². The van der Waals surface area contributed by atoms with Crippen molar-refractivity contribution in [3.63, 3.8) is 0 Å². The third kappa shape index (κ3) is 5.33. The van der Waals surface area contributed by atoms with Crippen LogP contribution in [-0.2, 0) is 17.8 Å². The van der Waals surface area contributed by atoms with Gasteiger partial charge in [-0.1, -0.05) is 18.0 Å². The number of carbonyl (C=O) groups is 1. The van der Waals surface area contributed by atoms with Crippen molar-refractivity contribution < 1.29 is 4.79 Å². The summed E-state index contributed by atoms with van der Waals surface area (Å²) in [7, 11) is 1.82. The Morgan fingerprint density at radius 2 is 2.04 bits per heavy atom. The van der Waals surface area contributed by atoms with Crippen LogP contribution >= 0.6 is 36.4 Å². The molecule has 0 spiro atoms. The molecule has 0 aliphatic carbocycles. The summed E-state index contributed by atoms with van der Waals surface area (Å²) in [5, 5.41) is 15.2. The van der Waals surface area contributed by atoms with E-state index in [1.165, 1.54) is 6.42 Å². The Bertz CT molecular complexity index is 735. The topological polar surface area (TPSA) is 71.8 Å². The minimum absolute atomic E-state index is 0. The fourth-order valence-electron chi connectivity index (χ4n) is 2.92. The van der Waals surface area contributed by atoms with Crippen LogP contribution < -0.4 is 10.6 Å². The van der Waals surface area contributed by atoms with Crippen LogP contribution in [0, 0.1) is 0 Å². The number of fused-ring (bicyclic) bond motifs is 1. The molecule has 1 aromatic carbocycles. The number of halogens is 3. The molecule has 2 N–H and O–H groups in total. The number of anilines is 1. The second-order valence-electron chi connectivity index (χ2n) is 6.00. The Hall–Kier alpha value is -1.34. The maximum absolute atomic E-state index is 11.9. The molecule has 2 heterocycles. The minimum Gasteiger partial charge on any atom is -0.326 e. The van der Waals surface area contributed by atoms with Crippen LogP contribution in [0.15, 0.2) is 18.2 Å². The molecule has 0 radical (unpaired) electrons. The molecule has 144 valence electrons. The van der Waals surface area contributed by atoms with Crippen molar-refractivity contribution in [1.82, 2.24) is 20.1 Å². The van der Waals surface area contributed by atoms with Crippen molar-refractivity contribution in [1.29, 1.82) is 0 Å². The molecular formula is C17H24Cl3N5O. The number of benzene rings is 1. The van der Waals surface area contributed by atoms with E-state index in [9.17, 15) is 4.79 Å². The lowest BCUT2D eigenvalue weighted by Crippen LogP contribution is -2.18. The van der Waals surface area contributed by atoms with Gasteiger partial charge < -0.3 is 15.2 Å². The van der Waals surface area contributed by atoms with Crippen LogP contribution in [0.1, 0.15) is 31.5 Å². The van der Waals surface area contributed by atoms with E-state index in [0.29, 0.717) is 18.0 Å². The van der Waals surface area contributed by atoms with Gasteiger partial charge in [0.1, 0.15) is 5.82 Å².